The molecule has 0 unspecified atom stereocenters. The van der Waals surface area contributed by atoms with Crippen molar-refractivity contribution < 1.29 is 13.9 Å². The lowest BCUT2D eigenvalue weighted by Gasteiger charge is -2.03. The molecule has 3 heterocycles. The molecule has 0 atom stereocenters. The van der Waals surface area contributed by atoms with Gasteiger partial charge in [0.25, 0.3) is 0 Å². The third-order valence-electron chi connectivity index (χ3n) is 2.82. The van der Waals surface area contributed by atoms with Crippen molar-refractivity contribution >= 4 is 17.1 Å². The van der Waals surface area contributed by atoms with Crippen LogP contribution in [0.25, 0.3) is 22.4 Å². The average Bonchev–Trinajstić information content (AvgIpc) is 3.04. The predicted octanol–water partition coefficient (Wildman–Crippen LogP) is 2.01. The van der Waals surface area contributed by atoms with Gasteiger partial charge in [0, 0.05) is 24.9 Å². The van der Waals surface area contributed by atoms with Crippen molar-refractivity contribution in [3.8, 4) is 11.3 Å². The minimum atomic E-state index is -0.451. The molecule has 0 bridgehead atoms. The number of pyridine rings is 1. The van der Waals surface area contributed by atoms with Crippen LogP contribution >= 0.6 is 0 Å². The van der Waals surface area contributed by atoms with E-state index in [0.29, 0.717) is 22.4 Å². The van der Waals surface area contributed by atoms with Gasteiger partial charge in [0.05, 0.1) is 25.3 Å². The highest BCUT2D eigenvalue weighted by molar-refractivity contribution is 6.02. The number of esters is 1. The lowest BCUT2D eigenvalue weighted by atomic mass is 10.1. The quantitative estimate of drug-likeness (QED) is 0.657. The second-order valence-corrected chi connectivity index (χ2v) is 4.08. The first-order valence-corrected chi connectivity index (χ1v) is 5.64. The summed E-state index contributed by atoms with van der Waals surface area (Å²) in [5.74, 6) is -0.451. The first kappa shape index (κ1) is 11.5. The minimum absolute atomic E-state index is 0.358. The lowest BCUT2D eigenvalue weighted by molar-refractivity contribution is 0.0601. The largest absolute Gasteiger partial charge is 0.465 e. The van der Waals surface area contributed by atoms with E-state index in [4.69, 9.17) is 9.15 Å². The van der Waals surface area contributed by atoms with E-state index in [1.54, 1.807) is 23.0 Å². The van der Waals surface area contributed by atoms with Gasteiger partial charge in [-0.2, -0.15) is 5.10 Å². The van der Waals surface area contributed by atoms with E-state index in [-0.39, 0.29) is 0 Å². The second-order valence-electron chi connectivity index (χ2n) is 4.08. The molecule has 0 aliphatic rings. The number of fused-ring (bicyclic) bond motifs is 1. The fraction of sp³-hybridized carbons (Fsp3) is 0.154. The smallest absolute Gasteiger partial charge is 0.341 e. The van der Waals surface area contributed by atoms with Crippen molar-refractivity contribution in [3.63, 3.8) is 0 Å². The lowest BCUT2D eigenvalue weighted by Crippen LogP contribution is -2.02. The van der Waals surface area contributed by atoms with Gasteiger partial charge in [0.1, 0.15) is 11.1 Å². The van der Waals surface area contributed by atoms with Crippen LogP contribution in [0.5, 0.6) is 0 Å². The molecule has 0 fully saturated rings. The van der Waals surface area contributed by atoms with E-state index in [2.05, 4.69) is 10.1 Å². The van der Waals surface area contributed by atoms with E-state index in [9.17, 15) is 4.79 Å². The predicted molar refractivity (Wildman–Crippen MR) is 67.6 cm³/mol. The molecule has 0 amide bonds. The Kier molecular flexibility index (Phi) is 2.56. The number of ether oxygens (including phenoxy) is 1. The average molecular weight is 257 g/mol. The topological polar surface area (TPSA) is 70.2 Å². The van der Waals surface area contributed by atoms with Gasteiger partial charge < -0.3 is 9.15 Å². The molecule has 3 aromatic heterocycles. The minimum Gasteiger partial charge on any atom is -0.465 e. The SMILES string of the molecule is COC(=O)c1cc(-c2cnn(C)c2)nc2ccoc12. The zero-order valence-corrected chi connectivity index (χ0v) is 10.5. The van der Waals surface area contributed by atoms with Crippen molar-refractivity contribution in [2.75, 3.05) is 7.11 Å². The van der Waals surface area contributed by atoms with E-state index in [0.717, 1.165) is 5.56 Å². The molecule has 0 saturated heterocycles. The molecule has 0 aromatic carbocycles. The van der Waals surface area contributed by atoms with Gasteiger partial charge in [-0.05, 0) is 6.07 Å². The summed E-state index contributed by atoms with van der Waals surface area (Å²) in [4.78, 5) is 16.2. The Morgan fingerprint density at radius 2 is 2.32 bits per heavy atom. The highest BCUT2D eigenvalue weighted by Crippen LogP contribution is 2.25. The number of aromatic nitrogens is 3. The fourth-order valence-electron chi connectivity index (χ4n) is 1.92. The van der Waals surface area contributed by atoms with Crippen LogP contribution in [0.2, 0.25) is 0 Å². The summed E-state index contributed by atoms with van der Waals surface area (Å²) in [6.45, 7) is 0. The van der Waals surface area contributed by atoms with Crippen LogP contribution in [0, 0.1) is 0 Å². The molecular formula is C13H11N3O3. The summed E-state index contributed by atoms with van der Waals surface area (Å²) < 4.78 is 11.7. The van der Waals surface area contributed by atoms with Crippen LogP contribution in [0.4, 0.5) is 0 Å². The Labute approximate surface area is 108 Å². The van der Waals surface area contributed by atoms with Gasteiger partial charge in [-0.3, -0.25) is 4.68 Å². The first-order chi connectivity index (χ1) is 9.19. The molecule has 96 valence electrons. The Hall–Kier alpha value is -2.63. The summed E-state index contributed by atoms with van der Waals surface area (Å²) >= 11 is 0. The standard InChI is InChI=1S/C13H11N3O3/c1-16-7-8(6-14-16)11-5-9(13(17)18-2)12-10(15-11)3-4-19-12/h3-7H,1-2H3. The Bertz CT molecular complexity index is 757. The van der Waals surface area contributed by atoms with E-state index >= 15 is 0 Å². The Morgan fingerprint density at radius 1 is 1.47 bits per heavy atom. The van der Waals surface area contributed by atoms with Crippen LogP contribution in [0.15, 0.2) is 35.2 Å². The van der Waals surface area contributed by atoms with Crippen molar-refractivity contribution in [2.45, 2.75) is 0 Å². The zero-order valence-electron chi connectivity index (χ0n) is 10.5. The van der Waals surface area contributed by atoms with Gasteiger partial charge in [0.15, 0.2) is 5.58 Å². The van der Waals surface area contributed by atoms with Crippen LogP contribution in [0.3, 0.4) is 0 Å². The summed E-state index contributed by atoms with van der Waals surface area (Å²) in [7, 11) is 3.16. The third-order valence-corrected chi connectivity index (χ3v) is 2.82. The van der Waals surface area contributed by atoms with Crippen molar-refractivity contribution in [3.05, 3.63) is 36.4 Å². The molecule has 0 N–H and O–H groups in total. The molecule has 6 heteroatoms. The fourth-order valence-corrected chi connectivity index (χ4v) is 1.92. The molecule has 3 rings (SSSR count). The number of carbonyl (C=O) groups is 1. The molecule has 0 saturated carbocycles. The molecular weight excluding hydrogens is 246 g/mol. The van der Waals surface area contributed by atoms with Gasteiger partial charge in [-0.1, -0.05) is 0 Å². The van der Waals surface area contributed by atoms with Crippen LogP contribution in [-0.4, -0.2) is 27.8 Å². The number of rotatable bonds is 2. The Balaban J connectivity index is 2.24. The van der Waals surface area contributed by atoms with Crippen molar-refractivity contribution in [2.24, 2.45) is 7.05 Å². The van der Waals surface area contributed by atoms with Crippen LogP contribution in [-0.2, 0) is 11.8 Å². The number of carbonyl (C=O) groups excluding carboxylic acids is 1. The maximum absolute atomic E-state index is 11.8. The van der Waals surface area contributed by atoms with Gasteiger partial charge in [-0.15, -0.1) is 0 Å². The Morgan fingerprint density at radius 3 is 3.00 bits per heavy atom. The molecule has 0 spiro atoms. The third kappa shape index (κ3) is 1.87. The summed E-state index contributed by atoms with van der Waals surface area (Å²) in [6, 6.07) is 3.36. The zero-order chi connectivity index (χ0) is 13.4. The summed E-state index contributed by atoms with van der Waals surface area (Å²) in [6.07, 6.45) is 5.02. The van der Waals surface area contributed by atoms with E-state index in [1.807, 2.05) is 13.2 Å². The van der Waals surface area contributed by atoms with Gasteiger partial charge in [-0.25, -0.2) is 9.78 Å². The van der Waals surface area contributed by atoms with Gasteiger partial charge in [0.2, 0.25) is 0 Å². The number of aryl methyl sites for hydroxylation is 1. The molecule has 6 nitrogen and oxygen atoms in total. The summed E-state index contributed by atoms with van der Waals surface area (Å²) in [5, 5.41) is 4.09. The van der Waals surface area contributed by atoms with Gasteiger partial charge >= 0.3 is 5.97 Å². The maximum Gasteiger partial charge on any atom is 0.341 e. The van der Waals surface area contributed by atoms with Crippen molar-refractivity contribution in [1.29, 1.82) is 0 Å². The highest BCUT2D eigenvalue weighted by Gasteiger charge is 2.17. The maximum atomic E-state index is 11.8. The number of hydrogen-bond donors (Lipinski definition) is 0. The number of methoxy groups -OCH3 is 1. The second kappa shape index (κ2) is 4.24. The van der Waals surface area contributed by atoms with Crippen molar-refractivity contribution in [1.82, 2.24) is 14.8 Å². The normalized spacial score (nSPS) is 10.8. The molecule has 0 aliphatic heterocycles. The molecule has 0 aliphatic carbocycles. The van der Waals surface area contributed by atoms with Crippen LogP contribution < -0.4 is 0 Å². The van der Waals surface area contributed by atoms with E-state index < -0.39 is 5.97 Å². The number of hydrogen-bond acceptors (Lipinski definition) is 5. The molecule has 3 aromatic rings. The van der Waals surface area contributed by atoms with E-state index in [1.165, 1.54) is 13.4 Å². The highest BCUT2D eigenvalue weighted by atomic mass is 16.5. The molecule has 0 radical (unpaired) electrons. The van der Waals surface area contributed by atoms with Crippen LogP contribution in [0.1, 0.15) is 10.4 Å². The monoisotopic (exact) mass is 257 g/mol. The number of furan rings is 1. The molecule has 19 heavy (non-hydrogen) atoms. The first-order valence-electron chi connectivity index (χ1n) is 5.64. The number of nitrogens with zero attached hydrogens (tertiary/aromatic N) is 3. The summed E-state index contributed by atoms with van der Waals surface area (Å²) in [5.41, 5.74) is 2.88.